The molecule has 0 atom stereocenters. The zero-order valence-corrected chi connectivity index (χ0v) is 14.3. The van der Waals surface area contributed by atoms with Gasteiger partial charge in [0, 0.05) is 21.9 Å². The number of rotatable bonds is 5. The van der Waals surface area contributed by atoms with E-state index in [4.69, 9.17) is 28.9 Å². The van der Waals surface area contributed by atoms with Gasteiger partial charge in [0.25, 0.3) is 5.91 Å². The molecule has 126 valence electrons. The molecular formula is C17H13Cl2N5O. The van der Waals surface area contributed by atoms with Crippen LogP contribution in [-0.2, 0) is 0 Å². The summed E-state index contributed by atoms with van der Waals surface area (Å²) in [4.78, 5) is 16.1. The number of nitrogens with one attached hydrogen (secondary N) is 2. The Kier molecular flexibility index (Phi) is 5.02. The molecule has 0 aliphatic rings. The first kappa shape index (κ1) is 17.0. The number of amides is 1. The van der Waals surface area contributed by atoms with E-state index in [-0.39, 0.29) is 17.2 Å². The Morgan fingerprint density at radius 1 is 1.16 bits per heavy atom. The molecule has 0 aliphatic heterocycles. The molecule has 0 saturated carbocycles. The minimum Gasteiger partial charge on any atom is -0.365 e. The average molecular weight is 374 g/mol. The fraction of sp³-hybridized carbons (Fsp3) is 0. The van der Waals surface area contributed by atoms with Crippen LogP contribution in [0.25, 0.3) is 0 Å². The van der Waals surface area contributed by atoms with Crippen LogP contribution in [0.4, 0.5) is 17.3 Å². The monoisotopic (exact) mass is 373 g/mol. The maximum absolute atomic E-state index is 11.8. The Hall–Kier alpha value is -2.83. The SMILES string of the molecule is NC(=O)c1c(Nc2cccc(Cl)c2)n[nH]c1/N=C/c1ccc(Cl)cc1. The first-order valence-electron chi connectivity index (χ1n) is 7.23. The first-order chi connectivity index (χ1) is 12.0. The lowest BCUT2D eigenvalue weighted by molar-refractivity contribution is 0.100. The van der Waals surface area contributed by atoms with E-state index >= 15 is 0 Å². The van der Waals surface area contributed by atoms with Gasteiger partial charge < -0.3 is 11.1 Å². The Morgan fingerprint density at radius 3 is 2.60 bits per heavy atom. The van der Waals surface area contributed by atoms with Crippen LogP contribution in [0.5, 0.6) is 0 Å². The molecule has 3 aromatic rings. The Balaban J connectivity index is 1.89. The summed E-state index contributed by atoms with van der Waals surface area (Å²) < 4.78 is 0. The zero-order valence-electron chi connectivity index (χ0n) is 12.8. The van der Waals surface area contributed by atoms with E-state index in [0.717, 1.165) is 5.56 Å². The van der Waals surface area contributed by atoms with E-state index in [9.17, 15) is 4.79 Å². The molecule has 6 nitrogen and oxygen atoms in total. The van der Waals surface area contributed by atoms with Crippen LogP contribution in [0, 0.1) is 0 Å². The number of nitrogens with zero attached hydrogens (tertiary/aromatic N) is 2. The van der Waals surface area contributed by atoms with E-state index in [1.54, 1.807) is 54.7 Å². The molecule has 3 rings (SSSR count). The van der Waals surface area contributed by atoms with Crippen molar-refractivity contribution in [2.45, 2.75) is 0 Å². The van der Waals surface area contributed by atoms with E-state index in [0.29, 0.717) is 15.7 Å². The van der Waals surface area contributed by atoms with Gasteiger partial charge in [0.15, 0.2) is 11.6 Å². The molecule has 8 heteroatoms. The highest BCUT2D eigenvalue weighted by molar-refractivity contribution is 6.31. The smallest absolute Gasteiger partial charge is 0.256 e. The molecule has 0 aliphatic carbocycles. The molecule has 0 fully saturated rings. The van der Waals surface area contributed by atoms with Gasteiger partial charge in [0.2, 0.25) is 0 Å². The number of hydrogen-bond acceptors (Lipinski definition) is 4. The summed E-state index contributed by atoms with van der Waals surface area (Å²) in [7, 11) is 0. The normalized spacial score (nSPS) is 11.0. The number of aromatic nitrogens is 2. The predicted octanol–water partition coefficient (Wildman–Crippen LogP) is 4.31. The van der Waals surface area contributed by atoms with E-state index in [1.807, 2.05) is 0 Å². The van der Waals surface area contributed by atoms with Crippen molar-refractivity contribution >= 4 is 52.6 Å². The summed E-state index contributed by atoms with van der Waals surface area (Å²) in [5, 5.41) is 11.0. The van der Waals surface area contributed by atoms with Gasteiger partial charge in [-0.05, 0) is 35.9 Å². The quantitative estimate of drug-likeness (QED) is 0.581. The lowest BCUT2D eigenvalue weighted by Crippen LogP contribution is -2.12. The van der Waals surface area contributed by atoms with Crippen molar-refractivity contribution in [1.82, 2.24) is 10.2 Å². The van der Waals surface area contributed by atoms with Crippen molar-refractivity contribution in [3.05, 3.63) is 69.7 Å². The van der Waals surface area contributed by atoms with E-state index in [2.05, 4.69) is 20.5 Å². The van der Waals surface area contributed by atoms with Crippen molar-refractivity contribution in [2.24, 2.45) is 10.7 Å². The first-order valence-corrected chi connectivity index (χ1v) is 7.99. The summed E-state index contributed by atoms with van der Waals surface area (Å²) in [5.74, 6) is -0.119. The van der Waals surface area contributed by atoms with Gasteiger partial charge in [-0.3, -0.25) is 9.89 Å². The Morgan fingerprint density at radius 2 is 1.92 bits per heavy atom. The molecule has 0 spiro atoms. The summed E-state index contributed by atoms with van der Waals surface area (Å²) in [6, 6.07) is 14.1. The number of halogens is 2. The van der Waals surface area contributed by atoms with Crippen LogP contribution in [0.1, 0.15) is 15.9 Å². The molecule has 0 bridgehead atoms. The molecular weight excluding hydrogens is 361 g/mol. The van der Waals surface area contributed by atoms with Crippen molar-refractivity contribution in [3.8, 4) is 0 Å². The summed E-state index contributed by atoms with van der Waals surface area (Å²) in [6.45, 7) is 0. The minimum atomic E-state index is -0.651. The highest BCUT2D eigenvalue weighted by Gasteiger charge is 2.18. The second kappa shape index (κ2) is 7.38. The molecule has 0 unspecified atom stereocenters. The summed E-state index contributed by atoms with van der Waals surface area (Å²) in [5.41, 5.74) is 7.13. The van der Waals surface area contributed by atoms with Gasteiger partial charge in [0.05, 0.1) is 0 Å². The van der Waals surface area contributed by atoms with Crippen molar-refractivity contribution in [1.29, 1.82) is 0 Å². The summed E-state index contributed by atoms with van der Waals surface area (Å²) in [6.07, 6.45) is 1.58. The third-order valence-corrected chi connectivity index (χ3v) is 3.78. The highest BCUT2D eigenvalue weighted by atomic mass is 35.5. The number of H-pyrrole nitrogens is 1. The highest BCUT2D eigenvalue weighted by Crippen LogP contribution is 2.27. The average Bonchev–Trinajstić information content (AvgIpc) is 2.97. The van der Waals surface area contributed by atoms with Gasteiger partial charge in [0.1, 0.15) is 5.56 Å². The number of nitrogens with two attached hydrogens (primary N) is 1. The number of aliphatic imine (C=N–C) groups is 1. The molecule has 25 heavy (non-hydrogen) atoms. The maximum Gasteiger partial charge on any atom is 0.256 e. The number of primary amides is 1. The second-order valence-corrected chi connectivity index (χ2v) is 5.98. The van der Waals surface area contributed by atoms with Crippen LogP contribution in [-0.4, -0.2) is 22.3 Å². The van der Waals surface area contributed by atoms with Gasteiger partial charge in [-0.1, -0.05) is 41.4 Å². The molecule has 1 aromatic heterocycles. The Bertz CT molecular complexity index is 934. The predicted molar refractivity (Wildman–Crippen MR) is 101 cm³/mol. The molecule has 0 radical (unpaired) electrons. The molecule has 4 N–H and O–H groups in total. The number of anilines is 2. The zero-order chi connectivity index (χ0) is 17.8. The van der Waals surface area contributed by atoms with E-state index < -0.39 is 5.91 Å². The van der Waals surface area contributed by atoms with Crippen LogP contribution in [0.3, 0.4) is 0 Å². The summed E-state index contributed by atoms with van der Waals surface area (Å²) >= 11 is 11.8. The van der Waals surface area contributed by atoms with Crippen LogP contribution >= 0.6 is 23.2 Å². The van der Waals surface area contributed by atoms with Crippen LogP contribution in [0.15, 0.2) is 53.5 Å². The van der Waals surface area contributed by atoms with Gasteiger partial charge in [-0.15, -0.1) is 0 Å². The molecule has 0 saturated heterocycles. The number of hydrogen-bond donors (Lipinski definition) is 3. The van der Waals surface area contributed by atoms with Crippen molar-refractivity contribution in [2.75, 3.05) is 5.32 Å². The lowest BCUT2D eigenvalue weighted by atomic mass is 10.2. The van der Waals surface area contributed by atoms with Crippen LogP contribution < -0.4 is 11.1 Å². The second-order valence-electron chi connectivity index (χ2n) is 5.11. The fourth-order valence-electron chi connectivity index (χ4n) is 2.14. The van der Waals surface area contributed by atoms with Crippen LogP contribution in [0.2, 0.25) is 10.0 Å². The molecule has 1 heterocycles. The standard InChI is InChI=1S/C17H13Cl2N5O/c18-11-6-4-10(5-7-11)9-21-16-14(15(20)25)17(24-23-16)22-13-3-1-2-12(19)8-13/h1-9H,(H2,20,25)(H2,22,23,24)/b21-9+. The number of carbonyl (C=O) groups is 1. The third-order valence-electron chi connectivity index (χ3n) is 3.29. The lowest BCUT2D eigenvalue weighted by Gasteiger charge is -2.04. The maximum atomic E-state index is 11.8. The van der Waals surface area contributed by atoms with Gasteiger partial charge >= 0.3 is 0 Å². The molecule has 1 amide bonds. The van der Waals surface area contributed by atoms with Gasteiger partial charge in [-0.25, -0.2) is 4.99 Å². The Labute approximate surface area is 153 Å². The van der Waals surface area contributed by atoms with E-state index in [1.165, 1.54) is 0 Å². The minimum absolute atomic E-state index is 0.158. The number of carbonyl (C=O) groups excluding carboxylic acids is 1. The third kappa shape index (κ3) is 4.17. The number of benzene rings is 2. The number of aromatic amines is 1. The van der Waals surface area contributed by atoms with Gasteiger partial charge in [-0.2, -0.15) is 5.10 Å². The topological polar surface area (TPSA) is 96.2 Å². The largest absolute Gasteiger partial charge is 0.365 e. The van der Waals surface area contributed by atoms with Crippen molar-refractivity contribution in [3.63, 3.8) is 0 Å². The molecule has 2 aromatic carbocycles. The van der Waals surface area contributed by atoms with Crippen molar-refractivity contribution < 1.29 is 4.79 Å². The fourth-order valence-corrected chi connectivity index (χ4v) is 2.46.